The number of nitriles is 1. The second kappa shape index (κ2) is 8.40. The second-order valence-corrected chi connectivity index (χ2v) is 7.14. The van der Waals surface area contributed by atoms with Crippen molar-refractivity contribution in [1.29, 1.82) is 5.26 Å². The Morgan fingerprint density at radius 2 is 1.59 bits per heavy atom. The Kier molecular flexibility index (Phi) is 5.48. The van der Waals surface area contributed by atoms with Crippen molar-refractivity contribution in [3.8, 4) is 6.07 Å². The van der Waals surface area contributed by atoms with Crippen LogP contribution in [0.3, 0.4) is 0 Å². The third-order valence-electron chi connectivity index (χ3n) is 5.11. The van der Waals surface area contributed by atoms with E-state index < -0.39 is 23.6 Å². The van der Waals surface area contributed by atoms with E-state index in [4.69, 9.17) is 0 Å². The molecule has 6 nitrogen and oxygen atoms in total. The first-order chi connectivity index (χ1) is 15.4. The third kappa shape index (κ3) is 3.84. The molecule has 1 atom stereocenters. The van der Waals surface area contributed by atoms with E-state index in [1.54, 1.807) is 42.5 Å². The molecule has 0 fully saturated rings. The molecule has 1 heterocycles. The predicted molar refractivity (Wildman–Crippen MR) is 109 cm³/mol. The summed E-state index contributed by atoms with van der Waals surface area (Å²) in [6.45, 7) is 0.0376. The number of halogens is 2. The van der Waals surface area contributed by atoms with E-state index in [-0.39, 0.29) is 29.5 Å². The van der Waals surface area contributed by atoms with Gasteiger partial charge in [-0.05, 0) is 35.9 Å². The highest BCUT2D eigenvalue weighted by molar-refractivity contribution is 6.21. The lowest BCUT2D eigenvalue weighted by Crippen LogP contribution is -2.29. The van der Waals surface area contributed by atoms with Crippen LogP contribution < -0.4 is 5.32 Å². The summed E-state index contributed by atoms with van der Waals surface area (Å²) >= 11 is 0. The molecular formula is C24H15F2N3O3. The highest BCUT2D eigenvalue weighted by atomic mass is 19.1. The number of rotatable bonds is 5. The fraction of sp³-hybridized carbons (Fsp3) is 0.0833. The van der Waals surface area contributed by atoms with Crippen molar-refractivity contribution in [2.75, 3.05) is 0 Å². The first-order valence-corrected chi connectivity index (χ1v) is 9.58. The van der Waals surface area contributed by atoms with E-state index in [1.807, 2.05) is 0 Å². The van der Waals surface area contributed by atoms with Crippen LogP contribution in [0.5, 0.6) is 0 Å². The van der Waals surface area contributed by atoms with Crippen LogP contribution in [0.4, 0.5) is 8.78 Å². The van der Waals surface area contributed by atoms with Gasteiger partial charge in [0, 0.05) is 17.2 Å². The topological polar surface area (TPSA) is 90.3 Å². The van der Waals surface area contributed by atoms with Crippen molar-refractivity contribution in [1.82, 2.24) is 10.2 Å². The Bertz CT molecular complexity index is 1250. The van der Waals surface area contributed by atoms with E-state index in [1.165, 1.54) is 12.1 Å². The van der Waals surface area contributed by atoms with Crippen LogP contribution in [0.25, 0.3) is 0 Å². The van der Waals surface area contributed by atoms with Crippen LogP contribution >= 0.6 is 0 Å². The number of nitrogens with zero attached hydrogens (tertiary/aromatic N) is 2. The maximum absolute atomic E-state index is 13.9. The summed E-state index contributed by atoms with van der Waals surface area (Å²) in [5.41, 5.74) is 1.37. The van der Waals surface area contributed by atoms with Gasteiger partial charge >= 0.3 is 0 Å². The summed E-state index contributed by atoms with van der Waals surface area (Å²) in [4.78, 5) is 38.6. The molecule has 8 heteroatoms. The van der Waals surface area contributed by atoms with Crippen molar-refractivity contribution in [3.63, 3.8) is 0 Å². The third-order valence-corrected chi connectivity index (χ3v) is 5.11. The number of imide groups is 1. The fourth-order valence-electron chi connectivity index (χ4n) is 3.46. The normalized spacial score (nSPS) is 13.5. The monoisotopic (exact) mass is 431 g/mol. The highest BCUT2D eigenvalue weighted by Gasteiger charge is 2.34. The number of nitrogens with one attached hydrogen (secondary N) is 1. The van der Waals surface area contributed by atoms with Gasteiger partial charge in [-0.25, -0.2) is 8.78 Å². The number of carbonyl (C=O) groups is 3. The quantitative estimate of drug-likeness (QED) is 0.623. The summed E-state index contributed by atoms with van der Waals surface area (Å²) in [5, 5.41) is 11.7. The van der Waals surface area contributed by atoms with E-state index in [0.717, 1.165) is 17.0 Å². The molecule has 0 radical (unpaired) electrons. The minimum absolute atomic E-state index is 0.0376. The van der Waals surface area contributed by atoms with E-state index >= 15 is 0 Å². The molecule has 0 spiro atoms. The second-order valence-electron chi connectivity index (χ2n) is 7.14. The predicted octanol–water partition coefficient (Wildman–Crippen LogP) is 3.76. The maximum atomic E-state index is 13.9. The van der Waals surface area contributed by atoms with Crippen molar-refractivity contribution in [2.45, 2.75) is 12.6 Å². The summed E-state index contributed by atoms with van der Waals surface area (Å²) in [7, 11) is 0. The largest absolute Gasteiger partial charge is 0.332 e. The molecule has 4 rings (SSSR count). The molecule has 1 unspecified atom stereocenters. The van der Waals surface area contributed by atoms with Crippen LogP contribution in [-0.4, -0.2) is 22.6 Å². The molecule has 1 N–H and O–H groups in total. The zero-order chi connectivity index (χ0) is 22.8. The van der Waals surface area contributed by atoms with Crippen LogP contribution in [0.1, 0.15) is 48.2 Å². The van der Waals surface area contributed by atoms with Gasteiger partial charge in [0.15, 0.2) is 0 Å². The van der Waals surface area contributed by atoms with E-state index in [9.17, 15) is 28.4 Å². The number of amides is 3. The Balaban J connectivity index is 1.46. The lowest BCUT2D eigenvalue weighted by Gasteiger charge is -2.15. The lowest BCUT2D eigenvalue weighted by atomic mass is 10.1. The molecule has 0 saturated carbocycles. The minimum atomic E-state index is -1.30. The van der Waals surface area contributed by atoms with Gasteiger partial charge in [0.05, 0.1) is 23.7 Å². The zero-order valence-electron chi connectivity index (χ0n) is 16.5. The molecule has 3 aromatic carbocycles. The van der Waals surface area contributed by atoms with Crippen molar-refractivity contribution in [3.05, 3.63) is 106 Å². The number of benzene rings is 3. The van der Waals surface area contributed by atoms with Gasteiger partial charge in [-0.1, -0.05) is 30.3 Å². The molecule has 32 heavy (non-hydrogen) atoms. The van der Waals surface area contributed by atoms with Gasteiger partial charge in [0.2, 0.25) is 0 Å². The SMILES string of the molecule is N#CC(NC(=O)c1ccc(CN2C(=O)c3ccccc3C2=O)cc1)c1ccc(F)cc1F. The molecule has 0 bridgehead atoms. The van der Waals surface area contributed by atoms with Crippen LogP contribution in [0, 0.1) is 23.0 Å². The maximum Gasteiger partial charge on any atom is 0.261 e. The van der Waals surface area contributed by atoms with Gasteiger partial charge < -0.3 is 5.32 Å². The summed E-state index contributed by atoms with van der Waals surface area (Å²) in [5.74, 6) is -3.13. The van der Waals surface area contributed by atoms with Gasteiger partial charge in [0.25, 0.3) is 17.7 Å². The molecule has 0 aliphatic carbocycles. The molecule has 3 aromatic rings. The standard InChI is InChI=1S/C24H15F2N3O3/c25-16-9-10-19(20(26)11-16)21(12-27)28-22(30)15-7-5-14(6-8-15)13-29-23(31)17-3-1-2-4-18(17)24(29)32/h1-11,21H,13H2,(H,28,30). The van der Waals surface area contributed by atoms with Crippen molar-refractivity contribution < 1.29 is 23.2 Å². The Labute approximate surface area is 181 Å². The molecular weight excluding hydrogens is 416 g/mol. The number of carbonyl (C=O) groups excluding carboxylic acids is 3. The zero-order valence-corrected chi connectivity index (χ0v) is 16.5. The average molecular weight is 431 g/mol. The average Bonchev–Trinajstić information content (AvgIpc) is 3.03. The van der Waals surface area contributed by atoms with Crippen molar-refractivity contribution >= 4 is 17.7 Å². The highest BCUT2D eigenvalue weighted by Crippen LogP contribution is 2.24. The summed E-state index contributed by atoms with van der Waals surface area (Å²) in [6.07, 6.45) is 0. The summed E-state index contributed by atoms with van der Waals surface area (Å²) in [6, 6.07) is 15.9. The molecule has 0 aromatic heterocycles. The van der Waals surface area contributed by atoms with Crippen LogP contribution in [0.15, 0.2) is 66.7 Å². The Hall–Kier alpha value is -4.38. The summed E-state index contributed by atoms with van der Waals surface area (Å²) < 4.78 is 27.0. The fourth-order valence-corrected chi connectivity index (χ4v) is 3.46. The first-order valence-electron chi connectivity index (χ1n) is 9.58. The van der Waals surface area contributed by atoms with Gasteiger partial charge in [-0.2, -0.15) is 5.26 Å². The Morgan fingerprint density at radius 3 is 2.16 bits per heavy atom. The Morgan fingerprint density at radius 1 is 0.969 bits per heavy atom. The van der Waals surface area contributed by atoms with Gasteiger partial charge in [-0.3, -0.25) is 19.3 Å². The van der Waals surface area contributed by atoms with E-state index in [0.29, 0.717) is 22.8 Å². The number of hydrogen-bond acceptors (Lipinski definition) is 4. The van der Waals surface area contributed by atoms with Gasteiger partial charge in [-0.15, -0.1) is 0 Å². The molecule has 0 saturated heterocycles. The molecule has 3 amide bonds. The van der Waals surface area contributed by atoms with Crippen LogP contribution in [-0.2, 0) is 6.54 Å². The first kappa shape index (κ1) is 20.9. The lowest BCUT2D eigenvalue weighted by molar-refractivity contribution is 0.0641. The molecule has 1 aliphatic rings. The molecule has 158 valence electrons. The van der Waals surface area contributed by atoms with Crippen LogP contribution in [0.2, 0.25) is 0 Å². The number of fused-ring (bicyclic) bond motifs is 1. The van der Waals surface area contributed by atoms with E-state index in [2.05, 4.69) is 5.32 Å². The van der Waals surface area contributed by atoms with Gasteiger partial charge in [0.1, 0.15) is 17.7 Å². The van der Waals surface area contributed by atoms with Crippen molar-refractivity contribution in [2.24, 2.45) is 0 Å². The molecule has 1 aliphatic heterocycles. The number of hydrogen-bond donors (Lipinski definition) is 1. The minimum Gasteiger partial charge on any atom is -0.332 e. The smallest absolute Gasteiger partial charge is 0.261 e.